The van der Waals surface area contributed by atoms with Crippen molar-refractivity contribution in [1.29, 1.82) is 0 Å². The van der Waals surface area contributed by atoms with Crippen LogP contribution in [0.5, 0.6) is 0 Å². The summed E-state index contributed by atoms with van der Waals surface area (Å²) in [7, 11) is 0. The Morgan fingerprint density at radius 3 is 2.82 bits per heavy atom. The predicted octanol–water partition coefficient (Wildman–Crippen LogP) is 1.36. The molecule has 5 heteroatoms. The highest BCUT2D eigenvalue weighted by molar-refractivity contribution is 5.97. The number of hydrogen-bond acceptors (Lipinski definition) is 3. The van der Waals surface area contributed by atoms with E-state index in [1.807, 2.05) is 18.7 Å². The molecule has 5 nitrogen and oxygen atoms in total. The highest BCUT2D eigenvalue weighted by atomic mass is 16.2. The lowest BCUT2D eigenvalue weighted by molar-refractivity contribution is 0.0745. The SMILES string of the molecule is CCN(CC1CC1)C(=O)c1c(N)cnn1CC. The van der Waals surface area contributed by atoms with Crippen molar-refractivity contribution in [3.8, 4) is 0 Å². The molecule has 17 heavy (non-hydrogen) atoms. The van der Waals surface area contributed by atoms with Crippen molar-refractivity contribution >= 4 is 11.6 Å². The van der Waals surface area contributed by atoms with E-state index < -0.39 is 0 Å². The number of aryl methyl sites for hydroxylation is 1. The zero-order valence-corrected chi connectivity index (χ0v) is 10.5. The molecule has 1 aromatic rings. The smallest absolute Gasteiger partial charge is 0.274 e. The Morgan fingerprint density at radius 2 is 2.29 bits per heavy atom. The molecule has 1 saturated carbocycles. The molecule has 1 aromatic heterocycles. The van der Waals surface area contributed by atoms with Crippen molar-refractivity contribution in [1.82, 2.24) is 14.7 Å². The van der Waals surface area contributed by atoms with Crippen LogP contribution >= 0.6 is 0 Å². The number of carbonyl (C=O) groups is 1. The van der Waals surface area contributed by atoms with E-state index in [0.29, 0.717) is 23.8 Å². The summed E-state index contributed by atoms with van der Waals surface area (Å²) in [5.74, 6) is 0.703. The maximum absolute atomic E-state index is 12.4. The molecule has 0 aliphatic heterocycles. The molecular weight excluding hydrogens is 216 g/mol. The average molecular weight is 236 g/mol. The number of nitrogens with two attached hydrogens (primary N) is 1. The van der Waals surface area contributed by atoms with Gasteiger partial charge in [0.25, 0.3) is 5.91 Å². The van der Waals surface area contributed by atoms with Crippen molar-refractivity contribution in [2.45, 2.75) is 33.2 Å². The van der Waals surface area contributed by atoms with Gasteiger partial charge in [0, 0.05) is 19.6 Å². The molecule has 2 rings (SSSR count). The Balaban J connectivity index is 2.18. The van der Waals surface area contributed by atoms with Gasteiger partial charge in [-0.05, 0) is 32.6 Å². The van der Waals surface area contributed by atoms with Crippen molar-refractivity contribution in [3.05, 3.63) is 11.9 Å². The summed E-state index contributed by atoms with van der Waals surface area (Å²) >= 11 is 0. The average Bonchev–Trinajstić information content (AvgIpc) is 3.07. The largest absolute Gasteiger partial charge is 0.396 e. The van der Waals surface area contributed by atoms with Crippen LogP contribution in [0.2, 0.25) is 0 Å². The third-order valence-corrected chi connectivity index (χ3v) is 3.21. The van der Waals surface area contributed by atoms with Gasteiger partial charge in [-0.3, -0.25) is 9.48 Å². The van der Waals surface area contributed by atoms with E-state index in [2.05, 4.69) is 5.10 Å². The van der Waals surface area contributed by atoms with Gasteiger partial charge in [-0.15, -0.1) is 0 Å². The van der Waals surface area contributed by atoms with Gasteiger partial charge in [-0.25, -0.2) is 0 Å². The molecular formula is C12H20N4O. The summed E-state index contributed by atoms with van der Waals surface area (Å²) in [5.41, 5.74) is 6.84. The summed E-state index contributed by atoms with van der Waals surface area (Å²) in [6, 6.07) is 0. The van der Waals surface area contributed by atoms with E-state index in [-0.39, 0.29) is 5.91 Å². The maximum atomic E-state index is 12.4. The number of carbonyl (C=O) groups excluding carboxylic acids is 1. The lowest BCUT2D eigenvalue weighted by Gasteiger charge is -2.21. The highest BCUT2D eigenvalue weighted by Gasteiger charge is 2.28. The van der Waals surface area contributed by atoms with E-state index in [1.54, 1.807) is 10.9 Å². The second-order valence-electron chi connectivity index (χ2n) is 4.55. The van der Waals surface area contributed by atoms with Crippen LogP contribution in [0.1, 0.15) is 37.2 Å². The molecule has 1 amide bonds. The van der Waals surface area contributed by atoms with Gasteiger partial charge in [0.05, 0.1) is 11.9 Å². The zero-order valence-electron chi connectivity index (χ0n) is 10.5. The highest BCUT2D eigenvalue weighted by Crippen LogP contribution is 2.30. The molecule has 0 atom stereocenters. The second kappa shape index (κ2) is 4.77. The Bertz CT molecular complexity index is 409. The molecule has 2 N–H and O–H groups in total. The Labute approximate surface area is 102 Å². The quantitative estimate of drug-likeness (QED) is 0.839. The summed E-state index contributed by atoms with van der Waals surface area (Å²) < 4.78 is 1.67. The Kier molecular flexibility index (Phi) is 3.36. The molecule has 0 bridgehead atoms. The minimum absolute atomic E-state index is 0.0104. The predicted molar refractivity (Wildman–Crippen MR) is 66.6 cm³/mol. The van der Waals surface area contributed by atoms with E-state index >= 15 is 0 Å². The van der Waals surface area contributed by atoms with Crippen LogP contribution in [0.4, 0.5) is 5.69 Å². The molecule has 1 fully saturated rings. The first-order valence-corrected chi connectivity index (χ1v) is 6.27. The summed E-state index contributed by atoms with van der Waals surface area (Å²) in [5, 5.41) is 4.11. The first-order chi connectivity index (χ1) is 8.17. The van der Waals surface area contributed by atoms with Gasteiger partial charge < -0.3 is 10.6 Å². The standard InChI is InChI=1S/C12H20N4O/c1-3-15(8-9-5-6-9)12(17)11-10(13)7-14-16(11)4-2/h7,9H,3-6,8,13H2,1-2H3. The van der Waals surface area contributed by atoms with Crippen LogP contribution in [-0.2, 0) is 6.54 Å². The number of anilines is 1. The van der Waals surface area contributed by atoms with Crippen molar-refractivity contribution < 1.29 is 4.79 Å². The number of rotatable bonds is 5. The van der Waals surface area contributed by atoms with Crippen LogP contribution in [-0.4, -0.2) is 33.7 Å². The topological polar surface area (TPSA) is 64.2 Å². The summed E-state index contributed by atoms with van der Waals surface area (Å²) in [6.07, 6.45) is 4.04. The first kappa shape index (κ1) is 12.0. The number of aromatic nitrogens is 2. The van der Waals surface area contributed by atoms with Gasteiger partial charge in [0.15, 0.2) is 0 Å². The molecule has 0 saturated heterocycles. The molecule has 0 spiro atoms. The normalized spacial score (nSPS) is 14.9. The van der Waals surface area contributed by atoms with Gasteiger partial charge in [-0.1, -0.05) is 0 Å². The third-order valence-electron chi connectivity index (χ3n) is 3.21. The van der Waals surface area contributed by atoms with Gasteiger partial charge in [0.2, 0.25) is 0 Å². The lowest BCUT2D eigenvalue weighted by atomic mass is 10.3. The summed E-state index contributed by atoms with van der Waals surface area (Å²) in [6.45, 7) is 6.20. The molecule has 1 aliphatic carbocycles. The molecule has 1 aliphatic rings. The van der Waals surface area contributed by atoms with E-state index in [0.717, 1.165) is 13.1 Å². The first-order valence-electron chi connectivity index (χ1n) is 6.27. The lowest BCUT2D eigenvalue weighted by Crippen LogP contribution is -2.34. The number of nitrogen functional groups attached to an aromatic ring is 1. The fraction of sp³-hybridized carbons (Fsp3) is 0.667. The zero-order chi connectivity index (χ0) is 12.4. The number of amides is 1. The Hall–Kier alpha value is -1.52. The van der Waals surface area contributed by atoms with Gasteiger partial charge in [0.1, 0.15) is 5.69 Å². The van der Waals surface area contributed by atoms with Crippen molar-refractivity contribution in [3.63, 3.8) is 0 Å². The monoisotopic (exact) mass is 236 g/mol. The van der Waals surface area contributed by atoms with Gasteiger partial charge in [-0.2, -0.15) is 5.10 Å². The van der Waals surface area contributed by atoms with E-state index in [1.165, 1.54) is 12.8 Å². The van der Waals surface area contributed by atoms with Crippen LogP contribution in [0.15, 0.2) is 6.20 Å². The van der Waals surface area contributed by atoms with E-state index in [9.17, 15) is 4.79 Å². The van der Waals surface area contributed by atoms with Crippen molar-refractivity contribution in [2.24, 2.45) is 5.92 Å². The number of nitrogens with zero attached hydrogens (tertiary/aromatic N) is 3. The van der Waals surface area contributed by atoms with Crippen LogP contribution < -0.4 is 5.73 Å². The second-order valence-corrected chi connectivity index (χ2v) is 4.55. The van der Waals surface area contributed by atoms with Gasteiger partial charge >= 0.3 is 0 Å². The molecule has 0 aromatic carbocycles. The summed E-state index contributed by atoms with van der Waals surface area (Å²) in [4.78, 5) is 14.3. The van der Waals surface area contributed by atoms with E-state index in [4.69, 9.17) is 5.73 Å². The minimum Gasteiger partial charge on any atom is -0.396 e. The fourth-order valence-electron chi connectivity index (χ4n) is 1.99. The van der Waals surface area contributed by atoms with Crippen LogP contribution in [0.25, 0.3) is 0 Å². The van der Waals surface area contributed by atoms with Crippen molar-refractivity contribution in [2.75, 3.05) is 18.8 Å². The molecule has 94 valence electrons. The number of hydrogen-bond donors (Lipinski definition) is 1. The third kappa shape index (κ3) is 2.43. The fourth-order valence-corrected chi connectivity index (χ4v) is 1.99. The minimum atomic E-state index is 0.0104. The molecule has 1 heterocycles. The molecule has 0 radical (unpaired) electrons. The Morgan fingerprint density at radius 1 is 1.59 bits per heavy atom. The van der Waals surface area contributed by atoms with Crippen LogP contribution in [0, 0.1) is 5.92 Å². The maximum Gasteiger partial charge on any atom is 0.274 e. The van der Waals surface area contributed by atoms with Crippen LogP contribution in [0.3, 0.4) is 0 Å². The molecule has 0 unspecified atom stereocenters.